The summed E-state index contributed by atoms with van der Waals surface area (Å²) in [5, 5.41) is 0. The van der Waals surface area contributed by atoms with Gasteiger partial charge in [-0.25, -0.2) is 0 Å². The van der Waals surface area contributed by atoms with Gasteiger partial charge in [-0.1, -0.05) is 6.07 Å². The molecule has 0 amide bonds. The molecule has 1 unspecified atom stereocenters. The predicted molar refractivity (Wildman–Crippen MR) is 59.0 cm³/mol. The number of rotatable bonds is 4. The second-order valence-electron chi connectivity index (χ2n) is 3.94. The molecule has 0 aliphatic rings. The second kappa shape index (κ2) is 5.08. The number of aromatic nitrogens is 1. The summed E-state index contributed by atoms with van der Waals surface area (Å²) in [4.78, 5) is 6.62. The highest BCUT2D eigenvalue weighted by atomic mass is 15.1. The van der Waals surface area contributed by atoms with Gasteiger partial charge in [0.1, 0.15) is 0 Å². The molecule has 1 aromatic rings. The first-order valence-corrected chi connectivity index (χ1v) is 4.94. The van der Waals surface area contributed by atoms with Gasteiger partial charge in [-0.05, 0) is 33.0 Å². The minimum atomic E-state index is 0.213. The molecule has 0 aliphatic carbocycles. The summed E-state index contributed by atoms with van der Waals surface area (Å²) >= 11 is 0. The van der Waals surface area contributed by atoms with E-state index >= 15 is 0 Å². The molecular formula is C11H19N3. The highest BCUT2D eigenvalue weighted by molar-refractivity contribution is 5.09. The molecule has 1 heterocycles. The fourth-order valence-corrected chi connectivity index (χ4v) is 1.52. The Balaban J connectivity index is 2.51. The van der Waals surface area contributed by atoms with Crippen LogP contribution in [0, 0.1) is 6.92 Å². The van der Waals surface area contributed by atoms with Crippen molar-refractivity contribution >= 4 is 0 Å². The van der Waals surface area contributed by atoms with E-state index in [9.17, 15) is 0 Å². The fourth-order valence-electron chi connectivity index (χ4n) is 1.52. The molecular weight excluding hydrogens is 174 g/mol. The Labute approximate surface area is 85.9 Å². The van der Waals surface area contributed by atoms with Crippen LogP contribution in [0.25, 0.3) is 0 Å². The number of nitrogens with zero attached hydrogens (tertiary/aromatic N) is 2. The molecule has 3 heteroatoms. The zero-order valence-electron chi connectivity index (χ0n) is 9.20. The Kier molecular flexibility index (Phi) is 4.04. The maximum atomic E-state index is 5.71. The third-order valence-corrected chi connectivity index (χ3v) is 1.98. The van der Waals surface area contributed by atoms with E-state index in [-0.39, 0.29) is 6.04 Å². The summed E-state index contributed by atoms with van der Waals surface area (Å²) in [6.07, 6.45) is 0. The van der Waals surface area contributed by atoms with E-state index in [0.29, 0.717) is 0 Å². The minimum Gasteiger partial charge on any atom is -0.327 e. The van der Waals surface area contributed by atoms with Crippen LogP contribution in [-0.4, -0.2) is 29.5 Å². The highest BCUT2D eigenvalue weighted by Gasteiger charge is 2.03. The Bertz CT molecular complexity index is 284. The van der Waals surface area contributed by atoms with Gasteiger partial charge in [0, 0.05) is 24.8 Å². The first kappa shape index (κ1) is 11.1. The summed E-state index contributed by atoms with van der Waals surface area (Å²) in [5.74, 6) is 0. The molecule has 1 aromatic heterocycles. The van der Waals surface area contributed by atoms with Gasteiger partial charge < -0.3 is 5.73 Å². The molecule has 78 valence electrons. The van der Waals surface area contributed by atoms with E-state index in [2.05, 4.69) is 16.9 Å². The van der Waals surface area contributed by atoms with E-state index in [1.165, 1.54) is 0 Å². The molecule has 0 saturated carbocycles. The standard InChI is InChI=1S/C11H19N3/c1-9(12)7-14(3)8-11-6-4-5-10(2)13-11/h4-6,9H,7-8,12H2,1-3H3. The van der Waals surface area contributed by atoms with Gasteiger partial charge in [-0.15, -0.1) is 0 Å². The lowest BCUT2D eigenvalue weighted by Crippen LogP contribution is -2.32. The van der Waals surface area contributed by atoms with Crippen LogP contribution in [0.1, 0.15) is 18.3 Å². The van der Waals surface area contributed by atoms with Crippen molar-refractivity contribution < 1.29 is 0 Å². The number of hydrogen-bond donors (Lipinski definition) is 1. The van der Waals surface area contributed by atoms with Crippen molar-refractivity contribution in [3.63, 3.8) is 0 Å². The summed E-state index contributed by atoms with van der Waals surface area (Å²) in [7, 11) is 2.06. The van der Waals surface area contributed by atoms with Crippen LogP contribution in [0.15, 0.2) is 18.2 Å². The molecule has 0 spiro atoms. The minimum absolute atomic E-state index is 0.213. The molecule has 2 N–H and O–H groups in total. The highest BCUT2D eigenvalue weighted by Crippen LogP contribution is 2.01. The van der Waals surface area contributed by atoms with Crippen molar-refractivity contribution in [2.45, 2.75) is 26.4 Å². The molecule has 0 aliphatic heterocycles. The van der Waals surface area contributed by atoms with Gasteiger partial charge in [0.2, 0.25) is 0 Å². The number of likely N-dealkylation sites (N-methyl/N-ethyl adjacent to an activating group) is 1. The van der Waals surface area contributed by atoms with Crippen LogP contribution >= 0.6 is 0 Å². The van der Waals surface area contributed by atoms with Crippen molar-refractivity contribution in [2.75, 3.05) is 13.6 Å². The van der Waals surface area contributed by atoms with Gasteiger partial charge in [0.25, 0.3) is 0 Å². The predicted octanol–water partition coefficient (Wildman–Crippen LogP) is 1.17. The summed E-state index contributed by atoms with van der Waals surface area (Å²) in [6, 6.07) is 6.31. The van der Waals surface area contributed by atoms with Crippen LogP contribution in [0.3, 0.4) is 0 Å². The number of aryl methyl sites for hydroxylation is 1. The second-order valence-corrected chi connectivity index (χ2v) is 3.94. The van der Waals surface area contributed by atoms with Gasteiger partial charge in [0.05, 0.1) is 5.69 Å². The molecule has 0 aromatic carbocycles. The Morgan fingerprint density at radius 1 is 1.50 bits per heavy atom. The molecule has 0 radical (unpaired) electrons. The maximum Gasteiger partial charge on any atom is 0.0547 e. The van der Waals surface area contributed by atoms with E-state index in [1.54, 1.807) is 0 Å². The zero-order valence-corrected chi connectivity index (χ0v) is 9.20. The number of nitrogens with two attached hydrogens (primary N) is 1. The van der Waals surface area contributed by atoms with Crippen molar-refractivity contribution in [2.24, 2.45) is 5.73 Å². The topological polar surface area (TPSA) is 42.1 Å². The van der Waals surface area contributed by atoms with Crippen molar-refractivity contribution in [3.05, 3.63) is 29.6 Å². The normalized spacial score (nSPS) is 13.2. The van der Waals surface area contributed by atoms with Gasteiger partial charge in [-0.2, -0.15) is 0 Å². The summed E-state index contributed by atoms with van der Waals surface area (Å²) in [5.41, 5.74) is 7.89. The molecule has 0 saturated heterocycles. The zero-order chi connectivity index (χ0) is 10.6. The SMILES string of the molecule is Cc1cccc(CN(C)CC(C)N)n1. The third-order valence-electron chi connectivity index (χ3n) is 1.98. The van der Waals surface area contributed by atoms with Crippen molar-refractivity contribution in [1.82, 2.24) is 9.88 Å². The lowest BCUT2D eigenvalue weighted by molar-refractivity contribution is 0.306. The Hall–Kier alpha value is -0.930. The van der Waals surface area contributed by atoms with Gasteiger partial charge in [-0.3, -0.25) is 9.88 Å². The van der Waals surface area contributed by atoms with Crippen LogP contribution in [0.4, 0.5) is 0 Å². The van der Waals surface area contributed by atoms with Gasteiger partial charge in [0.15, 0.2) is 0 Å². The van der Waals surface area contributed by atoms with E-state index in [4.69, 9.17) is 5.73 Å². The van der Waals surface area contributed by atoms with Crippen LogP contribution in [0.5, 0.6) is 0 Å². The van der Waals surface area contributed by atoms with Crippen LogP contribution in [0.2, 0.25) is 0 Å². The largest absolute Gasteiger partial charge is 0.327 e. The molecule has 3 nitrogen and oxygen atoms in total. The summed E-state index contributed by atoms with van der Waals surface area (Å²) < 4.78 is 0. The fraction of sp³-hybridized carbons (Fsp3) is 0.545. The smallest absolute Gasteiger partial charge is 0.0547 e. The first-order valence-electron chi connectivity index (χ1n) is 4.94. The third kappa shape index (κ3) is 3.85. The quantitative estimate of drug-likeness (QED) is 0.780. The van der Waals surface area contributed by atoms with E-state index in [0.717, 1.165) is 24.5 Å². The monoisotopic (exact) mass is 193 g/mol. The lowest BCUT2D eigenvalue weighted by atomic mass is 10.3. The molecule has 0 bridgehead atoms. The van der Waals surface area contributed by atoms with E-state index in [1.807, 2.05) is 32.0 Å². The van der Waals surface area contributed by atoms with Crippen molar-refractivity contribution in [3.8, 4) is 0 Å². The Morgan fingerprint density at radius 3 is 2.79 bits per heavy atom. The molecule has 1 atom stereocenters. The number of pyridine rings is 1. The average Bonchev–Trinajstić information content (AvgIpc) is 2.01. The van der Waals surface area contributed by atoms with Crippen LogP contribution in [-0.2, 0) is 6.54 Å². The van der Waals surface area contributed by atoms with Gasteiger partial charge >= 0.3 is 0 Å². The average molecular weight is 193 g/mol. The maximum absolute atomic E-state index is 5.71. The molecule has 14 heavy (non-hydrogen) atoms. The number of hydrogen-bond acceptors (Lipinski definition) is 3. The Morgan fingerprint density at radius 2 is 2.21 bits per heavy atom. The lowest BCUT2D eigenvalue weighted by Gasteiger charge is -2.18. The van der Waals surface area contributed by atoms with Crippen LogP contribution < -0.4 is 5.73 Å². The summed E-state index contributed by atoms with van der Waals surface area (Å²) in [6.45, 7) is 5.79. The molecule has 1 rings (SSSR count). The molecule has 0 fully saturated rings. The van der Waals surface area contributed by atoms with E-state index < -0.39 is 0 Å². The first-order chi connectivity index (χ1) is 6.58. The van der Waals surface area contributed by atoms with Crippen molar-refractivity contribution in [1.29, 1.82) is 0 Å².